The number of halogens is 1. The fourth-order valence-electron chi connectivity index (χ4n) is 2.50. The van der Waals surface area contributed by atoms with E-state index in [0.29, 0.717) is 0 Å². The third-order valence-corrected chi connectivity index (χ3v) is 4.03. The number of fused-ring (bicyclic) bond motifs is 1. The quantitative estimate of drug-likeness (QED) is 0.757. The van der Waals surface area contributed by atoms with Gasteiger partial charge in [0.25, 0.3) is 0 Å². The largest absolute Gasteiger partial charge is 0.384 e. The number of hydrogen-bond donors (Lipinski definition) is 1. The molecule has 2 aromatic carbocycles. The zero-order chi connectivity index (χ0) is 14.1. The predicted octanol–water partition coefficient (Wildman–Crippen LogP) is 4.39. The minimum absolute atomic E-state index is 0.630. The molecule has 0 saturated heterocycles. The summed E-state index contributed by atoms with van der Waals surface area (Å²) in [5.74, 6) is 0. The number of nitrogens with zero attached hydrogens (tertiary/aromatic N) is 1. The van der Waals surface area contributed by atoms with Gasteiger partial charge in [0.15, 0.2) is 0 Å². The molecule has 3 heteroatoms. The number of aryl methyl sites for hydroxylation is 1. The van der Waals surface area contributed by atoms with Gasteiger partial charge in [0.1, 0.15) is 6.10 Å². The van der Waals surface area contributed by atoms with Gasteiger partial charge in [-0.3, -0.25) is 4.98 Å². The summed E-state index contributed by atoms with van der Waals surface area (Å²) >= 11 is 3.45. The second-order valence-corrected chi connectivity index (χ2v) is 5.76. The molecule has 0 fully saturated rings. The first kappa shape index (κ1) is 13.3. The monoisotopic (exact) mass is 327 g/mol. The third kappa shape index (κ3) is 2.35. The first-order valence-electron chi connectivity index (χ1n) is 6.43. The first-order valence-corrected chi connectivity index (χ1v) is 7.23. The summed E-state index contributed by atoms with van der Waals surface area (Å²) in [7, 11) is 0. The Balaban J connectivity index is 2.15. The van der Waals surface area contributed by atoms with Crippen molar-refractivity contribution in [1.29, 1.82) is 0 Å². The van der Waals surface area contributed by atoms with Gasteiger partial charge in [-0.25, -0.2) is 0 Å². The van der Waals surface area contributed by atoms with E-state index in [4.69, 9.17) is 0 Å². The molecule has 3 rings (SSSR count). The lowest BCUT2D eigenvalue weighted by Crippen LogP contribution is -2.02. The summed E-state index contributed by atoms with van der Waals surface area (Å²) in [6.45, 7) is 2.01. The fraction of sp³-hybridized carbons (Fsp3) is 0.118. The van der Waals surface area contributed by atoms with Gasteiger partial charge in [-0.2, -0.15) is 0 Å². The van der Waals surface area contributed by atoms with E-state index in [9.17, 15) is 5.11 Å². The molecule has 1 heterocycles. The van der Waals surface area contributed by atoms with Crippen LogP contribution in [0.3, 0.4) is 0 Å². The lowest BCUT2D eigenvalue weighted by Gasteiger charge is -2.16. The van der Waals surface area contributed by atoms with E-state index in [1.54, 1.807) is 6.20 Å². The number of benzene rings is 2. The second-order valence-electron chi connectivity index (χ2n) is 4.85. The van der Waals surface area contributed by atoms with Crippen LogP contribution >= 0.6 is 15.9 Å². The van der Waals surface area contributed by atoms with Gasteiger partial charge in [0.2, 0.25) is 0 Å². The third-order valence-electron chi connectivity index (χ3n) is 3.54. The molecule has 0 bridgehead atoms. The van der Waals surface area contributed by atoms with Crippen molar-refractivity contribution in [3.8, 4) is 0 Å². The van der Waals surface area contributed by atoms with Crippen LogP contribution in [0, 0.1) is 6.92 Å². The van der Waals surface area contributed by atoms with Crippen LogP contribution in [0.5, 0.6) is 0 Å². The number of aliphatic hydroxyl groups is 1. The van der Waals surface area contributed by atoms with Crippen molar-refractivity contribution in [2.45, 2.75) is 13.0 Å². The fourth-order valence-corrected chi connectivity index (χ4v) is 2.98. The Labute approximate surface area is 126 Å². The number of hydrogen-bond acceptors (Lipinski definition) is 2. The summed E-state index contributed by atoms with van der Waals surface area (Å²) in [6, 6.07) is 13.8. The topological polar surface area (TPSA) is 33.1 Å². The number of aromatic nitrogens is 1. The maximum absolute atomic E-state index is 10.7. The average molecular weight is 328 g/mol. The molecule has 0 spiro atoms. The van der Waals surface area contributed by atoms with Crippen LogP contribution in [0.4, 0.5) is 0 Å². The SMILES string of the molecule is Cc1cc(Br)ccc1C(O)c1cccc2cnccc12. The minimum atomic E-state index is -0.630. The van der Waals surface area contributed by atoms with Crippen LogP contribution < -0.4 is 0 Å². The Morgan fingerprint density at radius 1 is 1.10 bits per heavy atom. The van der Waals surface area contributed by atoms with Crippen LogP contribution in [0.2, 0.25) is 0 Å². The maximum atomic E-state index is 10.7. The first-order chi connectivity index (χ1) is 9.66. The smallest absolute Gasteiger partial charge is 0.105 e. The van der Waals surface area contributed by atoms with Crippen LogP contribution in [0.1, 0.15) is 22.8 Å². The van der Waals surface area contributed by atoms with Gasteiger partial charge in [-0.05, 0) is 47.2 Å². The molecule has 0 aliphatic heterocycles. The van der Waals surface area contributed by atoms with E-state index in [-0.39, 0.29) is 0 Å². The maximum Gasteiger partial charge on any atom is 0.105 e. The zero-order valence-electron chi connectivity index (χ0n) is 11.0. The van der Waals surface area contributed by atoms with E-state index >= 15 is 0 Å². The van der Waals surface area contributed by atoms with Crippen molar-refractivity contribution < 1.29 is 5.11 Å². The van der Waals surface area contributed by atoms with E-state index in [2.05, 4.69) is 20.9 Å². The summed E-state index contributed by atoms with van der Waals surface area (Å²) < 4.78 is 1.02. The van der Waals surface area contributed by atoms with Crippen molar-refractivity contribution in [3.63, 3.8) is 0 Å². The van der Waals surface area contributed by atoms with Gasteiger partial charge < -0.3 is 5.11 Å². The van der Waals surface area contributed by atoms with Gasteiger partial charge >= 0.3 is 0 Å². The molecule has 1 aromatic heterocycles. The number of pyridine rings is 1. The number of aliphatic hydroxyl groups excluding tert-OH is 1. The Morgan fingerprint density at radius 2 is 1.95 bits per heavy atom. The van der Waals surface area contributed by atoms with Crippen LogP contribution in [-0.4, -0.2) is 10.1 Å². The van der Waals surface area contributed by atoms with E-state index in [1.165, 1.54) is 0 Å². The Bertz CT molecular complexity index is 765. The summed E-state index contributed by atoms with van der Waals surface area (Å²) in [4.78, 5) is 4.13. The molecule has 1 N–H and O–H groups in total. The van der Waals surface area contributed by atoms with Crippen molar-refractivity contribution in [1.82, 2.24) is 4.98 Å². The summed E-state index contributed by atoms with van der Waals surface area (Å²) in [6.07, 6.45) is 2.95. The Hall–Kier alpha value is -1.71. The van der Waals surface area contributed by atoms with Crippen molar-refractivity contribution >= 4 is 26.7 Å². The highest BCUT2D eigenvalue weighted by Gasteiger charge is 2.15. The summed E-state index contributed by atoms with van der Waals surface area (Å²) in [5, 5.41) is 12.8. The second kappa shape index (κ2) is 5.35. The molecule has 0 aliphatic carbocycles. The molecule has 1 atom stereocenters. The highest BCUT2D eigenvalue weighted by molar-refractivity contribution is 9.10. The molecule has 100 valence electrons. The van der Waals surface area contributed by atoms with Gasteiger partial charge in [0.05, 0.1) is 0 Å². The lowest BCUT2D eigenvalue weighted by atomic mass is 9.94. The molecule has 0 amide bonds. The molecule has 2 nitrogen and oxygen atoms in total. The van der Waals surface area contributed by atoms with Crippen molar-refractivity contribution in [2.24, 2.45) is 0 Å². The standard InChI is InChI=1S/C17H14BrNO/c1-11-9-13(18)5-6-14(11)17(20)16-4-2-3-12-10-19-8-7-15(12)16/h2-10,17,20H,1H3. The van der Waals surface area contributed by atoms with E-state index in [0.717, 1.165) is 31.9 Å². The molecular weight excluding hydrogens is 314 g/mol. The van der Waals surface area contributed by atoms with Crippen molar-refractivity contribution in [2.75, 3.05) is 0 Å². The molecule has 20 heavy (non-hydrogen) atoms. The van der Waals surface area contributed by atoms with Crippen LogP contribution in [-0.2, 0) is 0 Å². The van der Waals surface area contributed by atoms with E-state index < -0.39 is 6.10 Å². The Morgan fingerprint density at radius 3 is 2.75 bits per heavy atom. The molecule has 0 radical (unpaired) electrons. The lowest BCUT2D eigenvalue weighted by molar-refractivity contribution is 0.221. The van der Waals surface area contributed by atoms with Gasteiger partial charge in [-0.1, -0.05) is 40.2 Å². The Kier molecular flexibility index (Phi) is 3.55. The molecule has 0 saturated carbocycles. The minimum Gasteiger partial charge on any atom is -0.384 e. The van der Waals surface area contributed by atoms with Gasteiger partial charge in [-0.15, -0.1) is 0 Å². The predicted molar refractivity (Wildman–Crippen MR) is 84.7 cm³/mol. The molecule has 3 aromatic rings. The molecular formula is C17H14BrNO. The zero-order valence-corrected chi connectivity index (χ0v) is 12.6. The average Bonchev–Trinajstić information content (AvgIpc) is 2.46. The molecule has 0 aliphatic rings. The molecule has 1 unspecified atom stereocenters. The van der Waals surface area contributed by atoms with E-state index in [1.807, 2.05) is 55.6 Å². The highest BCUT2D eigenvalue weighted by atomic mass is 79.9. The van der Waals surface area contributed by atoms with Crippen LogP contribution in [0.25, 0.3) is 10.8 Å². The normalized spacial score (nSPS) is 12.6. The van der Waals surface area contributed by atoms with Crippen LogP contribution in [0.15, 0.2) is 59.3 Å². The number of rotatable bonds is 2. The highest BCUT2D eigenvalue weighted by Crippen LogP contribution is 2.31. The van der Waals surface area contributed by atoms with Crippen molar-refractivity contribution in [3.05, 3.63) is 76.0 Å². The van der Waals surface area contributed by atoms with Gasteiger partial charge in [0, 0.05) is 22.3 Å². The summed E-state index contributed by atoms with van der Waals surface area (Å²) in [5.41, 5.74) is 2.91.